The van der Waals surface area contributed by atoms with Gasteiger partial charge in [-0.15, -0.1) is 21.5 Å². The van der Waals surface area contributed by atoms with Crippen LogP contribution in [-0.4, -0.2) is 27.7 Å². The van der Waals surface area contributed by atoms with Crippen molar-refractivity contribution in [2.75, 3.05) is 11.9 Å². The summed E-state index contributed by atoms with van der Waals surface area (Å²) in [6.07, 6.45) is 2.25. The molecule has 25 heavy (non-hydrogen) atoms. The Hall–Kier alpha value is -2.16. The fourth-order valence-electron chi connectivity index (χ4n) is 2.62. The normalized spacial score (nSPS) is 16.9. The Morgan fingerprint density at radius 2 is 2.16 bits per heavy atom. The third-order valence-corrected chi connectivity index (χ3v) is 5.68. The molecule has 3 heterocycles. The molecule has 2 aromatic heterocycles. The molecule has 1 aliphatic rings. The fourth-order valence-corrected chi connectivity index (χ4v) is 4.29. The second-order valence-electron chi connectivity index (χ2n) is 5.68. The number of benzene rings is 1. The number of ether oxygens (including phenoxy) is 1. The lowest BCUT2D eigenvalue weighted by molar-refractivity contribution is -0.115. The first-order chi connectivity index (χ1) is 12.3. The van der Waals surface area contributed by atoms with Gasteiger partial charge in [0, 0.05) is 17.6 Å². The predicted octanol–water partition coefficient (Wildman–Crippen LogP) is 3.69. The van der Waals surface area contributed by atoms with Gasteiger partial charge >= 0.3 is 0 Å². The number of nitrogens with zero attached hydrogens (tertiary/aromatic N) is 3. The largest absolute Gasteiger partial charge is 0.371 e. The van der Waals surface area contributed by atoms with E-state index in [1.54, 1.807) is 0 Å². The second-order valence-corrected chi connectivity index (χ2v) is 7.55. The Balaban J connectivity index is 1.37. The molecule has 128 valence electrons. The van der Waals surface area contributed by atoms with Crippen molar-refractivity contribution in [1.29, 1.82) is 0 Å². The first kappa shape index (κ1) is 16.3. The van der Waals surface area contributed by atoms with E-state index in [1.807, 2.05) is 35.7 Å². The van der Waals surface area contributed by atoms with Crippen molar-refractivity contribution >= 4 is 33.7 Å². The van der Waals surface area contributed by atoms with E-state index in [4.69, 9.17) is 4.74 Å². The van der Waals surface area contributed by atoms with E-state index in [9.17, 15) is 4.79 Å². The van der Waals surface area contributed by atoms with E-state index in [-0.39, 0.29) is 18.4 Å². The number of anilines is 1. The number of rotatable bonds is 5. The molecule has 1 atom stereocenters. The zero-order valence-corrected chi connectivity index (χ0v) is 15.0. The Kier molecular flexibility index (Phi) is 4.82. The molecule has 1 aromatic carbocycles. The van der Waals surface area contributed by atoms with Gasteiger partial charge in [-0.1, -0.05) is 41.7 Å². The second kappa shape index (κ2) is 7.38. The van der Waals surface area contributed by atoms with Crippen LogP contribution in [0.1, 0.15) is 29.6 Å². The van der Waals surface area contributed by atoms with Gasteiger partial charge in [-0.05, 0) is 12.8 Å². The number of nitrogens with one attached hydrogen (secondary N) is 1. The number of carbonyl (C=O) groups excluding carboxylic acids is 1. The highest BCUT2D eigenvalue weighted by atomic mass is 32.1. The summed E-state index contributed by atoms with van der Waals surface area (Å²) in [7, 11) is 0. The van der Waals surface area contributed by atoms with E-state index in [1.165, 1.54) is 22.7 Å². The van der Waals surface area contributed by atoms with Crippen molar-refractivity contribution < 1.29 is 9.53 Å². The van der Waals surface area contributed by atoms with Gasteiger partial charge in [-0.3, -0.25) is 4.79 Å². The van der Waals surface area contributed by atoms with Gasteiger partial charge in [-0.25, -0.2) is 4.98 Å². The van der Waals surface area contributed by atoms with Crippen molar-refractivity contribution in [3.05, 3.63) is 46.4 Å². The Bertz CT molecular complexity index is 856. The highest BCUT2D eigenvalue weighted by Crippen LogP contribution is 2.32. The van der Waals surface area contributed by atoms with Crippen LogP contribution in [0.3, 0.4) is 0 Å². The maximum absolute atomic E-state index is 12.2. The van der Waals surface area contributed by atoms with Crippen LogP contribution in [0.5, 0.6) is 0 Å². The standard InChI is InChI=1S/C17H16N4O2S2/c22-14(19-17-21-20-16(25-17)13-7-4-8-23-13)9-12-10-24-15(18-12)11-5-2-1-3-6-11/h1-3,5-6,10,13H,4,7-9H2,(H,19,21,22). The molecule has 3 aromatic rings. The average molecular weight is 372 g/mol. The fraction of sp³-hybridized carbons (Fsp3) is 0.294. The molecule has 1 N–H and O–H groups in total. The summed E-state index contributed by atoms with van der Waals surface area (Å²) >= 11 is 2.91. The summed E-state index contributed by atoms with van der Waals surface area (Å²) in [4.78, 5) is 16.8. The molecule has 1 aliphatic heterocycles. The van der Waals surface area contributed by atoms with Crippen LogP contribution < -0.4 is 5.32 Å². The zero-order valence-electron chi connectivity index (χ0n) is 13.3. The number of hydrogen-bond acceptors (Lipinski definition) is 7. The summed E-state index contributed by atoms with van der Waals surface area (Å²) < 4.78 is 5.58. The maximum Gasteiger partial charge on any atom is 0.232 e. The molecule has 8 heteroatoms. The molecule has 1 unspecified atom stereocenters. The SMILES string of the molecule is O=C(Cc1csc(-c2ccccc2)n1)Nc1nnc(C2CCCO2)s1. The summed E-state index contributed by atoms with van der Waals surface area (Å²) in [5.41, 5.74) is 1.81. The van der Waals surface area contributed by atoms with Gasteiger partial charge in [0.25, 0.3) is 0 Å². The van der Waals surface area contributed by atoms with Crippen molar-refractivity contribution in [3.8, 4) is 10.6 Å². The Labute approximate surface area is 152 Å². The molecular weight excluding hydrogens is 356 g/mol. The van der Waals surface area contributed by atoms with Crippen molar-refractivity contribution in [1.82, 2.24) is 15.2 Å². The molecule has 0 saturated carbocycles. The molecule has 0 radical (unpaired) electrons. The molecular formula is C17H16N4O2S2. The van der Waals surface area contributed by atoms with Gasteiger partial charge in [-0.2, -0.15) is 0 Å². The van der Waals surface area contributed by atoms with E-state index in [0.29, 0.717) is 5.13 Å². The highest BCUT2D eigenvalue weighted by Gasteiger charge is 2.22. The van der Waals surface area contributed by atoms with Gasteiger partial charge < -0.3 is 10.1 Å². The summed E-state index contributed by atoms with van der Waals surface area (Å²) in [6.45, 7) is 0.763. The molecule has 1 saturated heterocycles. The molecule has 0 bridgehead atoms. The lowest BCUT2D eigenvalue weighted by Gasteiger charge is -2.02. The minimum absolute atomic E-state index is 0.0233. The monoisotopic (exact) mass is 372 g/mol. The van der Waals surface area contributed by atoms with E-state index < -0.39 is 0 Å². The van der Waals surface area contributed by atoms with Crippen molar-refractivity contribution in [2.24, 2.45) is 0 Å². The molecule has 0 spiro atoms. The quantitative estimate of drug-likeness (QED) is 0.739. The molecule has 0 aliphatic carbocycles. The van der Waals surface area contributed by atoms with Crippen LogP contribution in [0.25, 0.3) is 10.6 Å². The molecule has 4 rings (SSSR count). The molecule has 1 amide bonds. The van der Waals surface area contributed by atoms with E-state index in [0.717, 1.165) is 40.7 Å². The Morgan fingerprint density at radius 1 is 1.28 bits per heavy atom. The average Bonchev–Trinajstić information content (AvgIpc) is 3.37. The summed E-state index contributed by atoms with van der Waals surface area (Å²) in [6, 6.07) is 9.94. The number of aromatic nitrogens is 3. The van der Waals surface area contributed by atoms with Gasteiger partial charge in [0.1, 0.15) is 16.1 Å². The van der Waals surface area contributed by atoms with Crippen LogP contribution in [0.2, 0.25) is 0 Å². The van der Waals surface area contributed by atoms with E-state index >= 15 is 0 Å². The number of amides is 1. The molecule has 6 nitrogen and oxygen atoms in total. The maximum atomic E-state index is 12.2. The van der Waals surface area contributed by atoms with Crippen LogP contribution in [0.15, 0.2) is 35.7 Å². The van der Waals surface area contributed by atoms with Crippen molar-refractivity contribution in [3.63, 3.8) is 0 Å². The van der Waals surface area contributed by atoms with Gasteiger partial charge in [0.2, 0.25) is 11.0 Å². The van der Waals surface area contributed by atoms with Crippen LogP contribution in [0.4, 0.5) is 5.13 Å². The predicted molar refractivity (Wildman–Crippen MR) is 97.7 cm³/mol. The topological polar surface area (TPSA) is 77.0 Å². The van der Waals surface area contributed by atoms with Gasteiger partial charge in [0.15, 0.2) is 0 Å². The van der Waals surface area contributed by atoms with Crippen LogP contribution in [-0.2, 0) is 16.0 Å². The Morgan fingerprint density at radius 3 is 2.96 bits per heavy atom. The number of carbonyl (C=O) groups is 1. The third-order valence-electron chi connectivity index (χ3n) is 3.81. The van der Waals surface area contributed by atoms with E-state index in [2.05, 4.69) is 20.5 Å². The number of hydrogen-bond donors (Lipinski definition) is 1. The third kappa shape index (κ3) is 3.92. The minimum Gasteiger partial charge on any atom is -0.371 e. The molecule has 1 fully saturated rings. The smallest absolute Gasteiger partial charge is 0.232 e. The summed E-state index contributed by atoms with van der Waals surface area (Å²) in [5, 5.41) is 15.1. The summed E-state index contributed by atoms with van der Waals surface area (Å²) in [5.74, 6) is -0.139. The first-order valence-corrected chi connectivity index (χ1v) is 9.72. The highest BCUT2D eigenvalue weighted by molar-refractivity contribution is 7.15. The van der Waals surface area contributed by atoms with Gasteiger partial charge in [0.05, 0.1) is 12.1 Å². The van der Waals surface area contributed by atoms with Crippen LogP contribution in [0, 0.1) is 0 Å². The van der Waals surface area contributed by atoms with Crippen molar-refractivity contribution in [2.45, 2.75) is 25.4 Å². The van der Waals surface area contributed by atoms with Crippen LogP contribution >= 0.6 is 22.7 Å². The number of thiazole rings is 1. The minimum atomic E-state index is -0.139. The lowest BCUT2D eigenvalue weighted by atomic mass is 10.2. The first-order valence-electron chi connectivity index (χ1n) is 8.02. The zero-order chi connectivity index (χ0) is 17.1. The lowest BCUT2D eigenvalue weighted by Crippen LogP contribution is -2.14.